The molecule has 0 aromatic heterocycles. The first-order valence-corrected chi connectivity index (χ1v) is 7.31. The number of carbonyl (C=O) groups is 1. The number of hydrogen-bond donors (Lipinski definition) is 1. The molecule has 0 saturated carbocycles. The van der Waals surface area contributed by atoms with E-state index in [1.165, 1.54) is 0 Å². The van der Waals surface area contributed by atoms with Gasteiger partial charge in [-0.25, -0.2) is 0 Å². The normalized spacial score (nSPS) is 12.2. The Morgan fingerprint density at radius 1 is 1.62 bits per heavy atom. The van der Waals surface area contributed by atoms with Crippen LogP contribution in [0, 0.1) is 3.57 Å². The highest BCUT2D eigenvalue weighted by Crippen LogP contribution is 2.18. The monoisotopic (exact) mass is 415 g/mol. The van der Waals surface area contributed by atoms with Gasteiger partial charge in [-0.3, -0.25) is 4.79 Å². The Morgan fingerprint density at radius 3 is 2.88 bits per heavy atom. The number of alkyl halides is 1. The van der Waals surface area contributed by atoms with Crippen LogP contribution >= 0.6 is 50.1 Å². The van der Waals surface area contributed by atoms with E-state index in [-0.39, 0.29) is 11.9 Å². The first-order valence-electron chi connectivity index (χ1n) is 4.90. The van der Waals surface area contributed by atoms with E-state index in [1.54, 1.807) is 0 Å². The molecule has 0 bridgehead atoms. The van der Waals surface area contributed by atoms with Crippen molar-refractivity contribution >= 4 is 56.0 Å². The molecule has 0 aliphatic heterocycles. The quantitative estimate of drug-likeness (QED) is 0.587. The molecule has 0 radical (unpaired) electrons. The Labute approximate surface area is 122 Å². The van der Waals surface area contributed by atoms with Gasteiger partial charge in [0.15, 0.2) is 0 Å². The second kappa shape index (κ2) is 6.81. The third-order valence-corrected chi connectivity index (χ3v) is 3.99. The molecule has 1 rings (SSSR count). The molecular weight excluding hydrogens is 404 g/mol. The number of hydrogen-bond acceptors (Lipinski definition) is 1. The lowest BCUT2D eigenvalue weighted by molar-refractivity contribution is 0.0939. The zero-order valence-electron chi connectivity index (χ0n) is 8.77. The molecule has 0 aliphatic rings. The maximum Gasteiger partial charge on any atom is 0.252 e. The first-order chi connectivity index (χ1) is 7.58. The average molecular weight is 416 g/mol. The summed E-state index contributed by atoms with van der Waals surface area (Å²) >= 11 is 11.2. The third kappa shape index (κ3) is 3.89. The van der Waals surface area contributed by atoms with Crippen molar-refractivity contribution in [2.45, 2.75) is 19.4 Å². The van der Waals surface area contributed by atoms with E-state index in [0.29, 0.717) is 11.4 Å². The van der Waals surface area contributed by atoms with Crippen molar-refractivity contribution in [2.75, 3.05) is 5.88 Å². The zero-order chi connectivity index (χ0) is 12.1. The molecule has 1 amide bonds. The highest BCUT2D eigenvalue weighted by atomic mass is 127. The molecule has 1 N–H and O–H groups in total. The standard InChI is InChI=1S/C11H12BrClINO/c1-2-8(6-13)15-11(16)9-5-7(12)3-4-10(9)14/h3-5,8H,2,6H2,1H3,(H,15,16). The van der Waals surface area contributed by atoms with Crippen LogP contribution in [-0.2, 0) is 0 Å². The summed E-state index contributed by atoms with van der Waals surface area (Å²) in [6, 6.07) is 5.67. The van der Waals surface area contributed by atoms with E-state index < -0.39 is 0 Å². The SMILES string of the molecule is CCC(CCl)NC(=O)c1cc(Br)ccc1I. The van der Waals surface area contributed by atoms with E-state index in [9.17, 15) is 4.79 Å². The minimum absolute atomic E-state index is 0.0314. The lowest BCUT2D eigenvalue weighted by atomic mass is 10.2. The first kappa shape index (κ1) is 14.3. The van der Waals surface area contributed by atoms with Crippen molar-refractivity contribution < 1.29 is 4.79 Å². The molecule has 0 aliphatic carbocycles. The summed E-state index contributed by atoms with van der Waals surface area (Å²) in [4.78, 5) is 12.0. The van der Waals surface area contributed by atoms with Crippen LogP contribution in [0.5, 0.6) is 0 Å². The Hall–Kier alpha value is 0.190. The highest BCUT2D eigenvalue weighted by molar-refractivity contribution is 14.1. The number of benzene rings is 1. The summed E-state index contributed by atoms with van der Waals surface area (Å²) in [6.07, 6.45) is 0.833. The molecule has 16 heavy (non-hydrogen) atoms. The van der Waals surface area contributed by atoms with Gasteiger partial charge in [0.2, 0.25) is 0 Å². The van der Waals surface area contributed by atoms with Gasteiger partial charge < -0.3 is 5.32 Å². The maximum absolute atomic E-state index is 12.0. The Kier molecular flexibility index (Phi) is 6.07. The van der Waals surface area contributed by atoms with Crippen LogP contribution in [-0.4, -0.2) is 17.8 Å². The van der Waals surface area contributed by atoms with Crippen LogP contribution in [0.1, 0.15) is 23.7 Å². The van der Waals surface area contributed by atoms with Gasteiger partial charge in [-0.2, -0.15) is 0 Å². The molecule has 0 saturated heterocycles. The summed E-state index contributed by atoms with van der Waals surface area (Å²) in [5, 5.41) is 2.90. The number of carbonyl (C=O) groups excluding carboxylic acids is 1. The van der Waals surface area contributed by atoms with Crippen LogP contribution < -0.4 is 5.32 Å². The van der Waals surface area contributed by atoms with Crippen LogP contribution in [0.3, 0.4) is 0 Å². The van der Waals surface area contributed by atoms with Crippen molar-refractivity contribution in [2.24, 2.45) is 0 Å². The highest BCUT2D eigenvalue weighted by Gasteiger charge is 2.14. The van der Waals surface area contributed by atoms with Crippen LogP contribution in [0.25, 0.3) is 0 Å². The predicted octanol–water partition coefficient (Wildman–Crippen LogP) is 3.80. The van der Waals surface area contributed by atoms with Crippen LogP contribution in [0.15, 0.2) is 22.7 Å². The summed E-state index contributed by atoms with van der Waals surface area (Å²) in [7, 11) is 0. The van der Waals surface area contributed by atoms with Crippen molar-refractivity contribution in [3.8, 4) is 0 Å². The minimum Gasteiger partial charge on any atom is -0.348 e. The largest absolute Gasteiger partial charge is 0.348 e. The molecule has 1 aromatic rings. The van der Waals surface area contributed by atoms with E-state index in [4.69, 9.17) is 11.6 Å². The van der Waals surface area contributed by atoms with Crippen molar-refractivity contribution in [3.05, 3.63) is 31.8 Å². The fraction of sp³-hybridized carbons (Fsp3) is 0.364. The second-order valence-electron chi connectivity index (χ2n) is 3.36. The molecule has 0 spiro atoms. The molecule has 2 nitrogen and oxygen atoms in total. The van der Waals surface area contributed by atoms with Gasteiger partial charge in [0.25, 0.3) is 5.91 Å². The molecule has 0 heterocycles. The molecule has 1 aromatic carbocycles. The summed E-state index contributed by atoms with van der Waals surface area (Å²) in [5.74, 6) is 0.366. The average Bonchev–Trinajstić information content (AvgIpc) is 2.28. The number of amides is 1. The summed E-state index contributed by atoms with van der Waals surface area (Å²) in [5.41, 5.74) is 0.679. The Balaban J connectivity index is 2.83. The minimum atomic E-state index is -0.0711. The number of rotatable bonds is 4. The summed E-state index contributed by atoms with van der Waals surface area (Å²) in [6.45, 7) is 2.00. The van der Waals surface area contributed by atoms with Gasteiger partial charge >= 0.3 is 0 Å². The fourth-order valence-corrected chi connectivity index (χ4v) is 2.42. The Bertz CT molecular complexity index is 382. The zero-order valence-corrected chi connectivity index (χ0v) is 13.3. The van der Waals surface area contributed by atoms with Gasteiger partial charge in [0.1, 0.15) is 0 Å². The van der Waals surface area contributed by atoms with E-state index in [0.717, 1.165) is 14.5 Å². The van der Waals surface area contributed by atoms with Crippen molar-refractivity contribution in [1.82, 2.24) is 5.32 Å². The van der Waals surface area contributed by atoms with Crippen LogP contribution in [0.2, 0.25) is 0 Å². The Morgan fingerprint density at radius 2 is 2.31 bits per heavy atom. The summed E-state index contributed by atoms with van der Waals surface area (Å²) < 4.78 is 1.83. The van der Waals surface area contributed by atoms with Crippen molar-refractivity contribution in [3.63, 3.8) is 0 Å². The van der Waals surface area contributed by atoms with Gasteiger partial charge in [0.05, 0.1) is 5.56 Å². The fourth-order valence-electron chi connectivity index (χ4n) is 1.18. The van der Waals surface area contributed by atoms with Gasteiger partial charge in [-0.15, -0.1) is 11.6 Å². The number of halogens is 3. The van der Waals surface area contributed by atoms with Crippen molar-refractivity contribution in [1.29, 1.82) is 0 Å². The maximum atomic E-state index is 12.0. The van der Waals surface area contributed by atoms with E-state index in [2.05, 4.69) is 43.8 Å². The molecule has 1 atom stereocenters. The van der Waals surface area contributed by atoms with Gasteiger partial charge in [0, 0.05) is 20.0 Å². The molecule has 88 valence electrons. The van der Waals surface area contributed by atoms with E-state index in [1.807, 2.05) is 25.1 Å². The predicted molar refractivity (Wildman–Crippen MR) is 79.1 cm³/mol. The molecule has 0 fully saturated rings. The molecular formula is C11H12BrClINO. The number of nitrogens with one attached hydrogen (secondary N) is 1. The lowest BCUT2D eigenvalue weighted by Gasteiger charge is -2.14. The molecule has 1 unspecified atom stereocenters. The second-order valence-corrected chi connectivity index (χ2v) is 5.74. The topological polar surface area (TPSA) is 29.1 Å². The van der Waals surface area contributed by atoms with Gasteiger partial charge in [-0.05, 0) is 47.2 Å². The lowest BCUT2D eigenvalue weighted by Crippen LogP contribution is -2.36. The molecule has 5 heteroatoms. The van der Waals surface area contributed by atoms with Gasteiger partial charge in [-0.1, -0.05) is 22.9 Å². The third-order valence-electron chi connectivity index (χ3n) is 2.19. The van der Waals surface area contributed by atoms with Crippen LogP contribution in [0.4, 0.5) is 0 Å². The van der Waals surface area contributed by atoms with E-state index >= 15 is 0 Å². The smallest absolute Gasteiger partial charge is 0.252 e.